The van der Waals surface area contributed by atoms with Crippen molar-refractivity contribution in [3.63, 3.8) is 0 Å². The summed E-state index contributed by atoms with van der Waals surface area (Å²) in [5.74, 6) is -2.00. The van der Waals surface area contributed by atoms with E-state index in [4.69, 9.17) is 11.6 Å². The molecule has 4 rings (SSSR count). The average Bonchev–Trinajstić information content (AvgIpc) is 3.27. The summed E-state index contributed by atoms with van der Waals surface area (Å²) in [5.41, 5.74) is -1.17. The van der Waals surface area contributed by atoms with Crippen LogP contribution < -0.4 is 15.4 Å². The van der Waals surface area contributed by atoms with E-state index in [0.29, 0.717) is 24.5 Å². The van der Waals surface area contributed by atoms with Crippen molar-refractivity contribution in [3.05, 3.63) is 94.5 Å². The van der Waals surface area contributed by atoms with Gasteiger partial charge in [-0.05, 0) is 54.7 Å². The lowest BCUT2D eigenvalue weighted by Gasteiger charge is -2.36. The molecule has 0 saturated heterocycles. The van der Waals surface area contributed by atoms with Gasteiger partial charge in [-0.25, -0.2) is 13.6 Å². The van der Waals surface area contributed by atoms with E-state index in [1.807, 2.05) is 0 Å². The Hall–Kier alpha value is -3.47. The molecule has 3 unspecified atom stereocenters. The van der Waals surface area contributed by atoms with Gasteiger partial charge in [-0.1, -0.05) is 41.9 Å². The number of halogens is 7. The highest BCUT2D eigenvalue weighted by Gasteiger charge is 2.45. The number of urea groups is 1. The Labute approximate surface area is 225 Å². The second kappa shape index (κ2) is 11.7. The Morgan fingerprint density at radius 1 is 1.10 bits per heavy atom. The van der Waals surface area contributed by atoms with Crippen molar-refractivity contribution in [3.8, 4) is 5.75 Å². The van der Waals surface area contributed by atoms with Crippen LogP contribution in [0.2, 0.25) is 5.02 Å². The topological polar surface area (TPSA) is 63.2 Å². The van der Waals surface area contributed by atoms with E-state index in [1.54, 1.807) is 30.3 Å². The molecule has 0 radical (unpaired) electrons. The van der Waals surface area contributed by atoms with E-state index >= 15 is 0 Å². The van der Waals surface area contributed by atoms with Crippen LogP contribution in [-0.4, -0.2) is 35.8 Å². The van der Waals surface area contributed by atoms with Crippen LogP contribution in [0.3, 0.4) is 0 Å². The first-order valence-corrected chi connectivity index (χ1v) is 12.4. The van der Waals surface area contributed by atoms with Crippen LogP contribution >= 0.6 is 11.6 Å². The lowest BCUT2D eigenvalue weighted by molar-refractivity contribution is -0.253. The smallest absolute Gasteiger partial charge is 0.428 e. The van der Waals surface area contributed by atoms with Crippen molar-refractivity contribution < 1.29 is 35.9 Å². The van der Waals surface area contributed by atoms with Crippen molar-refractivity contribution >= 4 is 17.6 Å². The number of nitrogens with one attached hydrogen (secondary N) is 2. The summed E-state index contributed by atoms with van der Waals surface area (Å²) in [5, 5.41) is 5.56. The van der Waals surface area contributed by atoms with Crippen LogP contribution in [-0.2, 0) is 12.0 Å². The summed E-state index contributed by atoms with van der Waals surface area (Å²) in [7, 11) is 0. The predicted octanol–water partition coefficient (Wildman–Crippen LogP) is 6.79. The number of hydrogen-bond acceptors (Lipinski definition) is 3. The minimum Gasteiger partial charge on any atom is -0.428 e. The van der Waals surface area contributed by atoms with Gasteiger partial charge < -0.3 is 15.4 Å². The van der Waals surface area contributed by atoms with Crippen LogP contribution in [0.5, 0.6) is 5.75 Å². The molecule has 1 fully saturated rings. The van der Waals surface area contributed by atoms with Gasteiger partial charge >= 0.3 is 18.6 Å². The highest BCUT2D eigenvalue weighted by Crippen LogP contribution is 2.37. The number of hydrogen-bond donors (Lipinski definition) is 2. The van der Waals surface area contributed by atoms with Crippen molar-refractivity contribution in [2.45, 2.75) is 56.0 Å². The van der Waals surface area contributed by atoms with Crippen molar-refractivity contribution in [1.82, 2.24) is 15.6 Å². The highest BCUT2D eigenvalue weighted by molar-refractivity contribution is 6.30. The second-order valence-electron chi connectivity index (χ2n) is 9.22. The first-order valence-electron chi connectivity index (χ1n) is 12.0. The maximum atomic E-state index is 14.8. The average molecular weight is 572 g/mol. The maximum absolute atomic E-state index is 14.8. The minimum absolute atomic E-state index is 0.0895. The Morgan fingerprint density at radius 2 is 1.85 bits per heavy atom. The first kappa shape index (κ1) is 28.5. The van der Waals surface area contributed by atoms with Gasteiger partial charge in [-0.2, -0.15) is 17.6 Å². The van der Waals surface area contributed by atoms with E-state index in [-0.39, 0.29) is 29.1 Å². The Kier molecular flexibility index (Phi) is 8.58. The zero-order chi connectivity index (χ0) is 28.2. The molecule has 2 aromatic carbocycles. The molecule has 1 saturated carbocycles. The van der Waals surface area contributed by atoms with Gasteiger partial charge in [0.05, 0.1) is 16.8 Å². The summed E-state index contributed by atoms with van der Waals surface area (Å²) >= 11 is 6.02. The summed E-state index contributed by atoms with van der Waals surface area (Å²) in [6.07, 6.45) is -7.92. The summed E-state index contributed by atoms with van der Waals surface area (Å²) in [6, 6.07) is 12.3. The van der Waals surface area contributed by atoms with Crippen LogP contribution in [0.25, 0.3) is 0 Å². The number of ether oxygens (including phenoxy) is 1. The quantitative estimate of drug-likeness (QED) is 0.278. The zero-order valence-electron chi connectivity index (χ0n) is 20.3. The molecule has 5 nitrogen and oxygen atoms in total. The molecule has 208 valence electrons. The molecule has 1 heterocycles. The number of aromatic nitrogens is 1. The third-order valence-electron chi connectivity index (χ3n) is 6.42. The lowest BCUT2D eigenvalue weighted by atomic mass is 9.80. The summed E-state index contributed by atoms with van der Waals surface area (Å²) in [6.45, 7) is 0. The molecule has 1 aliphatic carbocycles. The molecular weight excluding hydrogens is 548 g/mol. The second-order valence-corrected chi connectivity index (χ2v) is 9.66. The molecule has 2 N–H and O–H groups in total. The van der Waals surface area contributed by atoms with Gasteiger partial charge in [0.15, 0.2) is 0 Å². The fourth-order valence-electron chi connectivity index (χ4n) is 4.60. The maximum Gasteiger partial charge on any atom is 0.461 e. The highest BCUT2D eigenvalue weighted by atomic mass is 35.5. The first-order chi connectivity index (χ1) is 18.5. The standard InChI is InChI=1S/C27H24ClF6N3O2/c28-18-9-10-23(35-15-18)26(14-16-5-2-1-3-6-16,37-25(38)36-22-8-4-7-21(22)30)17-11-19(29)13-20(12-17)39-27(33,34)24(31)32/h1-3,5-6,9-13,15,21-22,24H,4,7-8,14H2,(H2,36,37,38). The van der Waals surface area contributed by atoms with Crippen molar-refractivity contribution in [2.75, 3.05) is 0 Å². The number of rotatable bonds is 9. The van der Waals surface area contributed by atoms with Crippen LogP contribution in [0.4, 0.5) is 31.1 Å². The molecule has 39 heavy (non-hydrogen) atoms. The molecule has 3 aromatic rings. The normalized spacial score (nSPS) is 19.0. The van der Waals surface area contributed by atoms with Gasteiger partial charge in [0, 0.05) is 18.7 Å². The van der Waals surface area contributed by atoms with E-state index < -0.39 is 47.9 Å². The number of benzene rings is 2. The van der Waals surface area contributed by atoms with Crippen molar-refractivity contribution in [1.29, 1.82) is 0 Å². The molecule has 2 amide bonds. The Morgan fingerprint density at radius 3 is 2.46 bits per heavy atom. The van der Waals surface area contributed by atoms with Crippen LogP contribution in [0.1, 0.15) is 36.1 Å². The number of amides is 2. The van der Waals surface area contributed by atoms with Gasteiger partial charge in [0.25, 0.3) is 0 Å². The SMILES string of the molecule is O=C(NC1CCCC1F)NC(Cc1ccccc1)(c1cc(F)cc(OC(F)(F)C(F)F)c1)c1ccc(Cl)cn1. The number of alkyl halides is 5. The van der Waals surface area contributed by atoms with Gasteiger partial charge in [-0.3, -0.25) is 4.98 Å². The molecule has 3 atom stereocenters. The minimum atomic E-state index is -4.91. The van der Waals surface area contributed by atoms with Gasteiger partial charge in [0.2, 0.25) is 0 Å². The summed E-state index contributed by atoms with van der Waals surface area (Å²) < 4.78 is 86.4. The Bertz CT molecular complexity index is 1280. The molecular formula is C27H24ClF6N3O2. The third-order valence-corrected chi connectivity index (χ3v) is 6.65. The van der Waals surface area contributed by atoms with Gasteiger partial charge in [0.1, 0.15) is 23.3 Å². The zero-order valence-corrected chi connectivity index (χ0v) is 21.1. The third kappa shape index (κ3) is 6.76. The van der Waals surface area contributed by atoms with E-state index in [9.17, 15) is 31.1 Å². The summed E-state index contributed by atoms with van der Waals surface area (Å²) in [4.78, 5) is 17.6. The fourth-order valence-corrected chi connectivity index (χ4v) is 4.71. The van der Waals surface area contributed by atoms with E-state index in [0.717, 1.165) is 12.1 Å². The Balaban J connectivity index is 1.86. The molecule has 0 aliphatic heterocycles. The predicted molar refractivity (Wildman–Crippen MR) is 132 cm³/mol. The fraction of sp³-hybridized carbons (Fsp3) is 0.333. The number of carbonyl (C=O) groups is 1. The molecule has 12 heteroatoms. The van der Waals surface area contributed by atoms with E-state index in [1.165, 1.54) is 18.3 Å². The molecule has 1 aliphatic rings. The van der Waals surface area contributed by atoms with E-state index in [2.05, 4.69) is 20.4 Å². The van der Waals surface area contributed by atoms with Gasteiger partial charge in [-0.15, -0.1) is 0 Å². The van der Waals surface area contributed by atoms with Crippen LogP contribution in [0.15, 0.2) is 66.9 Å². The lowest BCUT2D eigenvalue weighted by Crippen LogP contribution is -2.55. The number of nitrogens with zero attached hydrogens (tertiary/aromatic N) is 1. The van der Waals surface area contributed by atoms with Crippen molar-refractivity contribution in [2.24, 2.45) is 0 Å². The molecule has 1 aromatic heterocycles. The molecule has 0 bridgehead atoms. The van der Waals surface area contributed by atoms with Crippen LogP contribution in [0, 0.1) is 5.82 Å². The monoisotopic (exact) mass is 571 g/mol. The number of carbonyl (C=O) groups excluding carboxylic acids is 1. The number of pyridine rings is 1. The molecule has 0 spiro atoms. The largest absolute Gasteiger partial charge is 0.461 e.